The molecule has 2 saturated carbocycles. The number of fused-ring (bicyclic) bond motifs is 5. The van der Waals surface area contributed by atoms with E-state index in [9.17, 15) is 0 Å². The predicted molar refractivity (Wildman–Crippen MR) is 165 cm³/mol. The van der Waals surface area contributed by atoms with Gasteiger partial charge < -0.3 is 8.85 Å². The number of rotatable bonds is 6. The summed E-state index contributed by atoms with van der Waals surface area (Å²) in [5.74, 6) is 3.93. The molecule has 0 aliphatic heterocycles. The van der Waals surface area contributed by atoms with Crippen molar-refractivity contribution in [1.29, 1.82) is 0 Å². The average Bonchev–Trinajstić information content (AvgIpc) is 3.03. The summed E-state index contributed by atoms with van der Waals surface area (Å²) in [5, 5.41) is 0.459. The van der Waals surface area contributed by atoms with Crippen molar-refractivity contribution in [3.05, 3.63) is 42.0 Å². The molecule has 1 aromatic rings. The predicted octanol–water partition coefficient (Wildman–Crippen LogP) is 10.1. The van der Waals surface area contributed by atoms with Crippen LogP contribution in [0.4, 0.5) is 0 Å². The van der Waals surface area contributed by atoms with Crippen LogP contribution in [0.25, 0.3) is 0 Å². The normalized spacial score (nSPS) is 32.4. The fourth-order valence-electron chi connectivity index (χ4n) is 7.36. The maximum Gasteiger partial charge on any atom is 0.250 e. The van der Waals surface area contributed by atoms with Crippen LogP contribution in [0.1, 0.15) is 97.6 Å². The summed E-state index contributed by atoms with van der Waals surface area (Å²) in [5.41, 5.74) is 3.46. The molecule has 0 bridgehead atoms. The molecule has 3 aliphatic carbocycles. The number of hydrogen-bond acceptors (Lipinski definition) is 2. The minimum absolute atomic E-state index is 0.218. The van der Waals surface area contributed by atoms with Gasteiger partial charge >= 0.3 is 0 Å². The molecule has 0 amide bonds. The molecular weight excluding hydrogens is 485 g/mol. The van der Waals surface area contributed by atoms with Gasteiger partial charge in [-0.3, -0.25) is 0 Å². The van der Waals surface area contributed by atoms with Crippen LogP contribution in [-0.4, -0.2) is 22.7 Å². The molecule has 208 valence electrons. The molecule has 0 aromatic heterocycles. The molecule has 4 heteroatoms. The second kappa shape index (κ2) is 9.66. The van der Waals surface area contributed by atoms with Gasteiger partial charge in [0.15, 0.2) is 8.32 Å². The van der Waals surface area contributed by atoms with Crippen molar-refractivity contribution < 1.29 is 8.85 Å². The van der Waals surface area contributed by atoms with Gasteiger partial charge in [-0.15, -0.1) is 6.58 Å². The van der Waals surface area contributed by atoms with Crippen molar-refractivity contribution >= 4 is 16.6 Å². The average molecular weight is 541 g/mol. The molecule has 0 radical (unpaired) electrons. The third-order valence-electron chi connectivity index (χ3n) is 11.6. The van der Waals surface area contributed by atoms with Gasteiger partial charge in [0.1, 0.15) is 5.75 Å². The number of aryl methyl sites for hydroxylation is 1. The van der Waals surface area contributed by atoms with Crippen LogP contribution in [0, 0.1) is 23.2 Å². The van der Waals surface area contributed by atoms with E-state index in [0.717, 1.165) is 24.0 Å². The van der Waals surface area contributed by atoms with Crippen molar-refractivity contribution in [1.82, 2.24) is 0 Å². The Balaban J connectivity index is 1.60. The minimum atomic E-state index is -1.85. The lowest BCUT2D eigenvalue weighted by Gasteiger charge is -2.52. The fourth-order valence-corrected chi connectivity index (χ4v) is 9.83. The highest BCUT2D eigenvalue weighted by molar-refractivity contribution is 6.75. The van der Waals surface area contributed by atoms with E-state index in [-0.39, 0.29) is 15.5 Å². The van der Waals surface area contributed by atoms with Crippen molar-refractivity contribution in [2.75, 3.05) is 0 Å². The van der Waals surface area contributed by atoms with Gasteiger partial charge in [0.05, 0.1) is 6.10 Å². The Labute approximate surface area is 231 Å². The van der Waals surface area contributed by atoms with E-state index >= 15 is 0 Å². The number of allylic oxidation sites excluding steroid dienone is 1. The summed E-state index contributed by atoms with van der Waals surface area (Å²) in [4.78, 5) is 0. The van der Waals surface area contributed by atoms with Gasteiger partial charge in [-0.05, 0) is 127 Å². The molecule has 0 N–H and O–H groups in total. The van der Waals surface area contributed by atoms with Crippen molar-refractivity contribution in [2.24, 2.45) is 23.2 Å². The molecule has 2 nitrogen and oxygen atoms in total. The summed E-state index contributed by atoms with van der Waals surface area (Å²) in [7, 11) is -3.68. The molecule has 2 fully saturated rings. The highest BCUT2D eigenvalue weighted by Crippen LogP contribution is 2.64. The molecule has 37 heavy (non-hydrogen) atoms. The Morgan fingerprint density at radius 1 is 1.00 bits per heavy atom. The number of hydrogen-bond donors (Lipinski definition) is 0. The Kier molecular flexibility index (Phi) is 7.61. The van der Waals surface area contributed by atoms with Crippen LogP contribution >= 0.6 is 0 Å². The third-order valence-corrected chi connectivity index (χ3v) is 20.5. The lowest BCUT2D eigenvalue weighted by Crippen LogP contribution is -2.51. The Bertz CT molecular complexity index is 999. The van der Waals surface area contributed by atoms with Gasteiger partial charge in [-0.1, -0.05) is 60.6 Å². The second-order valence-electron chi connectivity index (χ2n) is 16.0. The fraction of sp³-hybridized carbons (Fsp3) is 0.758. The highest BCUT2D eigenvalue weighted by Gasteiger charge is 2.60. The van der Waals surface area contributed by atoms with Crippen molar-refractivity contribution in [3.8, 4) is 5.75 Å². The van der Waals surface area contributed by atoms with E-state index in [1.54, 1.807) is 11.1 Å². The molecule has 0 saturated heterocycles. The summed E-state index contributed by atoms with van der Waals surface area (Å²) in [6, 6.07) is 7.13. The zero-order valence-corrected chi connectivity index (χ0v) is 28.0. The Morgan fingerprint density at radius 2 is 1.65 bits per heavy atom. The first-order valence-electron chi connectivity index (χ1n) is 15.0. The largest absolute Gasteiger partial charge is 0.543 e. The van der Waals surface area contributed by atoms with Gasteiger partial charge in [0.2, 0.25) is 8.32 Å². The van der Waals surface area contributed by atoms with Crippen molar-refractivity contribution in [2.45, 2.75) is 135 Å². The zero-order valence-electron chi connectivity index (χ0n) is 26.0. The van der Waals surface area contributed by atoms with E-state index < -0.39 is 16.6 Å². The van der Waals surface area contributed by atoms with Gasteiger partial charge in [0.25, 0.3) is 0 Å². The first kappa shape index (κ1) is 29.1. The summed E-state index contributed by atoms with van der Waals surface area (Å²) in [6.07, 6.45) is 10.0. The van der Waals surface area contributed by atoms with Crippen LogP contribution in [-0.2, 0) is 10.8 Å². The second-order valence-corrected chi connectivity index (χ2v) is 25.5. The van der Waals surface area contributed by atoms with Gasteiger partial charge in [-0.2, -0.15) is 0 Å². The quantitative estimate of drug-likeness (QED) is 0.264. The summed E-state index contributed by atoms with van der Waals surface area (Å²) in [6.45, 7) is 30.5. The van der Waals surface area contributed by atoms with Crippen LogP contribution in [0.15, 0.2) is 30.9 Å². The smallest absolute Gasteiger partial charge is 0.250 e. The zero-order chi connectivity index (χ0) is 27.6. The van der Waals surface area contributed by atoms with E-state index in [2.05, 4.69) is 106 Å². The molecule has 0 heterocycles. The Morgan fingerprint density at radius 3 is 2.24 bits per heavy atom. The molecule has 6 atom stereocenters. The summed E-state index contributed by atoms with van der Waals surface area (Å²) < 4.78 is 14.0. The molecular formula is C33H56O2Si2. The summed E-state index contributed by atoms with van der Waals surface area (Å²) >= 11 is 0. The SMILES string of the molecule is C=CC[C@@H]1C[C@H]2[C@@H]3CCc4cc(O[Si](C)(C)C(C)(C)C)ccc4[C@H]3CC[C@]2(C)[C@@H]1O[Si](C)(C)C(C)(C)C. The third kappa shape index (κ3) is 5.21. The molecule has 0 unspecified atom stereocenters. The first-order chi connectivity index (χ1) is 16.9. The van der Waals surface area contributed by atoms with Crippen LogP contribution in [0.2, 0.25) is 36.3 Å². The molecule has 4 rings (SSSR count). The maximum atomic E-state index is 7.32. The van der Waals surface area contributed by atoms with Crippen LogP contribution in [0.5, 0.6) is 5.75 Å². The molecule has 0 spiro atoms. The van der Waals surface area contributed by atoms with Gasteiger partial charge in [0, 0.05) is 0 Å². The van der Waals surface area contributed by atoms with Crippen LogP contribution in [0.3, 0.4) is 0 Å². The maximum absolute atomic E-state index is 7.32. The van der Waals surface area contributed by atoms with Crippen molar-refractivity contribution in [3.63, 3.8) is 0 Å². The van der Waals surface area contributed by atoms with E-state index in [1.165, 1.54) is 32.1 Å². The standard InChI is InChI=1S/C33H56O2Si2/c1-13-14-24-22-29-28-17-15-23-21-25(34-36(9,10)31(2,3)4)16-18-26(23)27(28)19-20-33(29,8)30(24)35-37(11,12)32(5,6)7/h13,16,18,21,24,27-30H,1,14-15,17,19-20,22H2,2-12H3/t24-,27-,28-,29+,30-,33+/m1/s1. The van der Waals surface area contributed by atoms with E-state index in [4.69, 9.17) is 8.85 Å². The molecule has 1 aromatic carbocycles. The number of benzene rings is 1. The lowest BCUT2D eigenvalue weighted by molar-refractivity contribution is -0.0252. The van der Waals surface area contributed by atoms with Crippen LogP contribution < -0.4 is 4.43 Å². The molecule has 3 aliphatic rings. The first-order valence-corrected chi connectivity index (χ1v) is 20.8. The van der Waals surface area contributed by atoms with Gasteiger partial charge in [-0.25, -0.2) is 0 Å². The monoisotopic (exact) mass is 540 g/mol. The Hall–Kier alpha value is -0.846. The van der Waals surface area contributed by atoms with E-state index in [0.29, 0.717) is 17.9 Å². The topological polar surface area (TPSA) is 18.5 Å². The minimum Gasteiger partial charge on any atom is -0.543 e. The van der Waals surface area contributed by atoms with E-state index in [1.807, 2.05) is 0 Å². The lowest BCUT2D eigenvalue weighted by atomic mass is 9.55. The highest BCUT2D eigenvalue weighted by atomic mass is 28.4.